The van der Waals surface area contributed by atoms with E-state index in [2.05, 4.69) is 88.4 Å². The van der Waals surface area contributed by atoms with E-state index in [4.69, 9.17) is 0 Å². The van der Waals surface area contributed by atoms with E-state index in [-0.39, 0.29) is 0 Å². The van der Waals surface area contributed by atoms with Crippen LogP contribution in [0.4, 0.5) is 0 Å². The van der Waals surface area contributed by atoms with Crippen LogP contribution in [0.3, 0.4) is 0 Å². The van der Waals surface area contributed by atoms with Gasteiger partial charge in [0.2, 0.25) is 0 Å². The maximum absolute atomic E-state index is 9.22. The topological polar surface area (TPSA) is 41.6 Å². The van der Waals surface area contributed by atoms with E-state index in [1.54, 1.807) is 0 Å². The molecule has 0 radical (unpaired) electrons. The first kappa shape index (κ1) is 18.7. The van der Waals surface area contributed by atoms with E-state index in [9.17, 15) is 5.26 Å². The largest absolute Gasteiger partial charge is 0.316 e. The first-order valence-corrected chi connectivity index (χ1v) is 9.85. The number of aromatic nitrogens is 2. The number of aryl methyl sites for hydroxylation is 1. The van der Waals surface area contributed by atoms with Crippen LogP contribution in [0.5, 0.6) is 0 Å². The summed E-state index contributed by atoms with van der Waals surface area (Å²) in [4.78, 5) is 4.67. The molecule has 3 aromatic carbocycles. The SMILES string of the molecule is Cc1ncn(C(c2ccccc2)(c2ccccc2)c2ccccc2)c1CCC#N. The van der Waals surface area contributed by atoms with Gasteiger partial charge in [0.1, 0.15) is 5.54 Å². The zero-order valence-electron chi connectivity index (χ0n) is 16.5. The van der Waals surface area contributed by atoms with Crippen LogP contribution in [0.15, 0.2) is 97.3 Å². The summed E-state index contributed by atoms with van der Waals surface area (Å²) in [5, 5.41) is 9.22. The molecule has 0 amide bonds. The standard InChI is InChI=1S/C26H23N3/c1-21-25(18-11-19-27)29(20-28-21)26(22-12-5-2-6-13-22,23-14-7-3-8-15-23)24-16-9-4-10-17-24/h2-10,12-17,20H,11,18H2,1H3. The molecule has 0 N–H and O–H groups in total. The van der Waals surface area contributed by atoms with E-state index in [1.807, 2.05) is 31.5 Å². The van der Waals surface area contributed by atoms with Gasteiger partial charge in [-0.25, -0.2) is 4.98 Å². The zero-order chi connectivity index (χ0) is 20.1. The molecule has 1 aromatic heterocycles. The lowest BCUT2D eigenvalue weighted by atomic mass is 9.76. The van der Waals surface area contributed by atoms with Crippen molar-refractivity contribution < 1.29 is 0 Å². The Hall–Kier alpha value is -3.64. The van der Waals surface area contributed by atoms with Crippen molar-refractivity contribution in [3.05, 3.63) is 125 Å². The first-order valence-electron chi connectivity index (χ1n) is 9.85. The predicted molar refractivity (Wildman–Crippen MR) is 116 cm³/mol. The summed E-state index contributed by atoms with van der Waals surface area (Å²) >= 11 is 0. The Kier molecular flexibility index (Phi) is 5.27. The van der Waals surface area contributed by atoms with Gasteiger partial charge >= 0.3 is 0 Å². The van der Waals surface area contributed by atoms with Crippen LogP contribution in [0.2, 0.25) is 0 Å². The molecule has 0 saturated heterocycles. The van der Waals surface area contributed by atoms with Crippen LogP contribution in [0, 0.1) is 18.3 Å². The van der Waals surface area contributed by atoms with E-state index in [0.29, 0.717) is 12.8 Å². The van der Waals surface area contributed by atoms with Gasteiger partial charge in [-0.3, -0.25) is 0 Å². The van der Waals surface area contributed by atoms with Gasteiger partial charge in [0.05, 0.1) is 18.1 Å². The third-order valence-corrected chi connectivity index (χ3v) is 5.48. The summed E-state index contributed by atoms with van der Waals surface area (Å²) in [7, 11) is 0. The van der Waals surface area contributed by atoms with Crippen molar-refractivity contribution >= 4 is 0 Å². The lowest BCUT2D eigenvalue weighted by Gasteiger charge is -2.38. The molecular formula is C26H23N3. The quantitative estimate of drug-likeness (QED) is 0.417. The summed E-state index contributed by atoms with van der Waals surface area (Å²) in [6.07, 6.45) is 3.05. The molecule has 0 bridgehead atoms. The predicted octanol–water partition coefficient (Wildman–Crippen LogP) is 5.49. The Morgan fingerprint density at radius 2 is 1.24 bits per heavy atom. The number of benzene rings is 3. The Bertz CT molecular complexity index is 1010. The summed E-state index contributed by atoms with van der Waals surface area (Å²) in [5.74, 6) is 0. The van der Waals surface area contributed by atoms with Crippen molar-refractivity contribution in [2.45, 2.75) is 25.3 Å². The summed E-state index contributed by atoms with van der Waals surface area (Å²) in [6, 6.07) is 33.9. The molecular weight excluding hydrogens is 354 g/mol. The lowest BCUT2D eigenvalue weighted by molar-refractivity contribution is 0.495. The third kappa shape index (κ3) is 3.23. The third-order valence-electron chi connectivity index (χ3n) is 5.48. The van der Waals surface area contributed by atoms with E-state index in [1.165, 1.54) is 0 Å². The fourth-order valence-corrected chi connectivity index (χ4v) is 4.18. The van der Waals surface area contributed by atoms with Crippen molar-refractivity contribution in [1.29, 1.82) is 5.26 Å². The Balaban J connectivity index is 2.12. The zero-order valence-corrected chi connectivity index (χ0v) is 16.5. The van der Waals surface area contributed by atoms with Crippen molar-refractivity contribution in [2.75, 3.05) is 0 Å². The first-order chi connectivity index (χ1) is 14.3. The molecule has 3 heteroatoms. The molecule has 0 saturated carbocycles. The normalized spacial score (nSPS) is 11.2. The average molecular weight is 377 g/mol. The molecule has 142 valence electrons. The lowest BCUT2D eigenvalue weighted by Crippen LogP contribution is -2.38. The number of hydrogen-bond donors (Lipinski definition) is 0. The minimum atomic E-state index is -0.574. The second-order valence-electron chi connectivity index (χ2n) is 7.11. The fraction of sp³-hybridized carbons (Fsp3) is 0.154. The van der Waals surface area contributed by atoms with Gasteiger partial charge < -0.3 is 4.57 Å². The van der Waals surface area contributed by atoms with Crippen LogP contribution in [0.25, 0.3) is 0 Å². The van der Waals surface area contributed by atoms with Crippen LogP contribution >= 0.6 is 0 Å². The number of imidazole rings is 1. The van der Waals surface area contributed by atoms with Crippen molar-refractivity contribution in [3.8, 4) is 6.07 Å². The Morgan fingerprint density at radius 3 is 1.66 bits per heavy atom. The van der Waals surface area contributed by atoms with Gasteiger partial charge in [-0.2, -0.15) is 5.26 Å². The molecule has 1 heterocycles. The molecule has 0 aliphatic rings. The van der Waals surface area contributed by atoms with Crippen LogP contribution in [0.1, 0.15) is 34.5 Å². The summed E-state index contributed by atoms with van der Waals surface area (Å²) in [5.41, 5.74) is 4.96. The minimum absolute atomic E-state index is 0.459. The van der Waals surface area contributed by atoms with Crippen molar-refractivity contribution in [3.63, 3.8) is 0 Å². The van der Waals surface area contributed by atoms with Gasteiger partial charge in [-0.15, -0.1) is 0 Å². The van der Waals surface area contributed by atoms with Gasteiger partial charge in [0, 0.05) is 18.5 Å². The molecule has 0 atom stereocenters. The Labute approximate surface area is 171 Å². The molecule has 0 unspecified atom stereocenters. The van der Waals surface area contributed by atoms with E-state index < -0.39 is 5.54 Å². The fourth-order valence-electron chi connectivity index (χ4n) is 4.18. The highest BCUT2D eigenvalue weighted by molar-refractivity contribution is 5.51. The maximum atomic E-state index is 9.22. The molecule has 4 aromatic rings. The van der Waals surface area contributed by atoms with E-state index >= 15 is 0 Å². The molecule has 0 aliphatic heterocycles. The van der Waals surface area contributed by atoms with Gasteiger partial charge in [-0.05, 0) is 23.6 Å². The monoisotopic (exact) mass is 377 g/mol. The molecule has 3 nitrogen and oxygen atoms in total. The number of nitriles is 1. The highest BCUT2D eigenvalue weighted by Gasteiger charge is 2.39. The van der Waals surface area contributed by atoms with E-state index in [0.717, 1.165) is 28.1 Å². The van der Waals surface area contributed by atoms with Gasteiger partial charge in [0.25, 0.3) is 0 Å². The second-order valence-corrected chi connectivity index (χ2v) is 7.11. The number of rotatable bonds is 6. The van der Waals surface area contributed by atoms with Gasteiger partial charge in [0.15, 0.2) is 0 Å². The van der Waals surface area contributed by atoms with Crippen LogP contribution < -0.4 is 0 Å². The van der Waals surface area contributed by atoms with Crippen LogP contribution in [-0.2, 0) is 12.0 Å². The van der Waals surface area contributed by atoms with Crippen molar-refractivity contribution in [1.82, 2.24) is 9.55 Å². The maximum Gasteiger partial charge on any atom is 0.121 e. The molecule has 29 heavy (non-hydrogen) atoms. The second kappa shape index (κ2) is 8.16. The average Bonchev–Trinajstić information content (AvgIpc) is 3.16. The smallest absolute Gasteiger partial charge is 0.121 e. The molecule has 4 rings (SSSR count). The number of hydrogen-bond acceptors (Lipinski definition) is 2. The molecule has 0 aliphatic carbocycles. The minimum Gasteiger partial charge on any atom is -0.316 e. The molecule has 0 spiro atoms. The summed E-state index contributed by atoms with van der Waals surface area (Å²) < 4.78 is 2.26. The highest BCUT2D eigenvalue weighted by atomic mass is 15.1. The van der Waals surface area contributed by atoms with Crippen molar-refractivity contribution in [2.24, 2.45) is 0 Å². The summed E-state index contributed by atoms with van der Waals surface area (Å²) in [6.45, 7) is 2.02. The highest BCUT2D eigenvalue weighted by Crippen LogP contribution is 2.42. The Morgan fingerprint density at radius 1 is 0.793 bits per heavy atom. The molecule has 0 fully saturated rings. The van der Waals surface area contributed by atoms with Gasteiger partial charge in [-0.1, -0.05) is 91.0 Å². The van der Waals surface area contributed by atoms with Crippen LogP contribution in [-0.4, -0.2) is 9.55 Å². The number of nitrogens with zero attached hydrogens (tertiary/aromatic N) is 3.